The number of carbonyl (C=O) groups is 1. The van der Waals surface area contributed by atoms with Crippen LogP contribution in [0.25, 0.3) is 0 Å². The van der Waals surface area contributed by atoms with Crippen LogP contribution in [-0.2, 0) is 4.79 Å². The zero-order valence-electron chi connectivity index (χ0n) is 12.5. The average molecular weight is 304 g/mol. The molecule has 1 heterocycles. The van der Waals surface area contributed by atoms with E-state index < -0.39 is 0 Å². The van der Waals surface area contributed by atoms with E-state index in [-0.39, 0.29) is 11.8 Å². The van der Waals surface area contributed by atoms with Crippen LogP contribution in [0.5, 0.6) is 5.75 Å². The first kappa shape index (κ1) is 15.5. The van der Waals surface area contributed by atoms with E-state index in [1.54, 1.807) is 13.3 Å². The second-order valence-electron chi connectivity index (χ2n) is 5.21. The molecule has 21 heavy (non-hydrogen) atoms. The molecule has 0 aliphatic carbocycles. The van der Waals surface area contributed by atoms with E-state index in [4.69, 9.17) is 4.74 Å². The van der Waals surface area contributed by atoms with Gasteiger partial charge in [-0.15, -0.1) is 11.3 Å². The number of methoxy groups -OCH3 is 1. The lowest BCUT2D eigenvalue weighted by atomic mass is 9.85. The Labute approximate surface area is 129 Å². The van der Waals surface area contributed by atoms with Crippen LogP contribution in [0, 0.1) is 5.92 Å². The van der Waals surface area contributed by atoms with Crippen molar-refractivity contribution in [2.75, 3.05) is 12.4 Å². The van der Waals surface area contributed by atoms with Gasteiger partial charge in [-0.2, -0.15) is 0 Å². The van der Waals surface area contributed by atoms with Crippen LogP contribution in [0.2, 0.25) is 0 Å². The first-order valence-corrected chi connectivity index (χ1v) is 7.81. The van der Waals surface area contributed by atoms with Gasteiger partial charge in [-0.1, -0.05) is 26.0 Å². The molecule has 4 nitrogen and oxygen atoms in total. The number of thiazole rings is 1. The standard InChI is InChI=1S/C16H20N2O2S/c1-11(2)14(12-4-6-13(20-3)7-5-12)10-15(19)18-16-17-8-9-21-16/h4-9,11,14H,10H2,1-3H3,(H,17,18,19)/t14-/m0/s1. The van der Waals surface area contributed by atoms with E-state index in [0.29, 0.717) is 17.5 Å². The van der Waals surface area contributed by atoms with Crippen molar-refractivity contribution < 1.29 is 9.53 Å². The van der Waals surface area contributed by atoms with E-state index in [2.05, 4.69) is 24.1 Å². The Bertz CT molecular complexity index is 564. The van der Waals surface area contributed by atoms with Crippen LogP contribution in [0.1, 0.15) is 31.7 Å². The van der Waals surface area contributed by atoms with Crippen molar-refractivity contribution in [3.63, 3.8) is 0 Å². The molecule has 0 saturated heterocycles. The minimum atomic E-state index is -0.000493. The van der Waals surface area contributed by atoms with Crippen molar-refractivity contribution in [1.82, 2.24) is 4.98 Å². The number of amides is 1. The molecule has 0 radical (unpaired) electrons. The van der Waals surface area contributed by atoms with Gasteiger partial charge in [0.05, 0.1) is 7.11 Å². The zero-order valence-corrected chi connectivity index (χ0v) is 13.3. The van der Waals surface area contributed by atoms with Crippen LogP contribution >= 0.6 is 11.3 Å². The highest BCUT2D eigenvalue weighted by molar-refractivity contribution is 7.13. The summed E-state index contributed by atoms with van der Waals surface area (Å²) in [4.78, 5) is 16.2. The number of anilines is 1. The lowest BCUT2D eigenvalue weighted by molar-refractivity contribution is -0.116. The highest BCUT2D eigenvalue weighted by atomic mass is 32.1. The highest BCUT2D eigenvalue weighted by Gasteiger charge is 2.20. The second kappa shape index (κ2) is 7.22. The van der Waals surface area contributed by atoms with Gasteiger partial charge in [0.2, 0.25) is 5.91 Å². The predicted octanol–water partition coefficient (Wildman–Crippen LogP) is 3.92. The van der Waals surface area contributed by atoms with Crippen molar-refractivity contribution in [1.29, 1.82) is 0 Å². The summed E-state index contributed by atoms with van der Waals surface area (Å²) in [5.74, 6) is 1.38. The van der Waals surface area contributed by atoms with E-state index in [9.17, 15) is 4.79 Å². The number of nitrogens with zero attached hydrogens (tertiary/aromatic N) is 1. The fourth-order valence-electron chi connectivity index (χ4n) is 2.24. The van der Waals surface area contributed by atoms with Crippen molar-refractivity contribution in [3.8, 4) is 5.75 Å². The molecule has 5 heteroatoms. The summed E-state index contributed by atoms with van der Waals surface area (Å²) in [6.07, 6.45) is 2.13. The number of hydrogen-bond donors (Lipinski definition) is 1. The summed E-state index contributed by atoms with van der Waals surface area (Å²) in [6, 6.07) is 7.92. The van der Waals surface area contributed by atoms with Gasteiger partial charge < -0.3 is 10.1 Å². The van der Waals surface area contributed by atoms with Gasteiger partial charge in [0.1, 0.15) is 5.75 Å². The van der Waals surface area contributed by atoms with E-state index in [1.807, 2.05) is 29.6 Å². The molecule has 2 rings (SSSR count). The van der Waals surface area contributed by atoms with Gasteiger partial charge in [-0.05, 0) is 29.5 Å². The summed E-state index contributed by atoms with van der Waals surface area (Å²) < 4.78 is 5.17. The Morgan fingerprint density at radius 2 is 2.05 bits per heavy atom. The molecule has 112 valence electrons. The lowest BCUT2D eigenvalue weighted by Gasteiger charge is -2.21. The third kappa shape index (κ3) is 4.29. The van der Waals surface area contributed by atoms with E-state index in [0.717, 1.165) is 11.3 Å². The second-order valence-corrected chi connectivity index (χ2v) is 6.11. The summed E-state index contributed by atoms with van der Waals surface area (Å²) in [7, 11) is 1.65. The SMILES string of the molecule is COc1ccc([C@@H](CC(=O)Nc2nccs2)C(C)C)cc1. The molecule has 1 aromatic heterocycles. The summed E-state index contributed by atoms with van der Waals surface area (Å²) in [5, 5.41) is 5.34. The molecular weight excluding hydrogens is 284 g/mol. The van der Waals surface area contributed by atoms with Crippen molar-refractivity contribution in [3.05, 3.63) is 41.4 Å². The Morgan fingerprint density at radius 1 is 1.33 bits per heavy atom. The molecule has 0 aliphatic rings. The van der Waals surface area contributed by atoms with Crippen LogP contribution in [0.3, 0.4) is 0 Å². The largest absolute Gasteiger partial charge is 0.497 e. The zero-order chi connectivity index (χ0) is 15.2. The topological polar surface area (TPSA) is 51.2 Å². The van der Waals surface area contributed by atoms with Crippen molar-refractivity contribution in [2.24, 2.45) is 5.92 Å². The molecule has 0 aliphatic heterocycles. The Morgan fingerprint density at radius 3 is 2.57 bits per heavy atom. The van der Waals surface area contributed by atoms with Crippen LogP contribution in [-0.4, -0.2) is 18.0 Å². The predicted molar refractivity (Wildman–Crippen MR) is 85.9 cm³/mol. The number of aromatic nitrogens is 1. The van der Waals surface area contributed by atoms with Gasteiger partial charge in [-0.3, -0.25) is 4.79 Å². The normalized spacial score (nSPS) is 12.2. The molecule has 0 unspecified atom stereocenters. The molecule has 1 aromatic carbocycles. The monoisotopic (exact) mass is 304 g/mol. The Balaban J connectivity index is 2.05. The van der Waals surface area contributed by atoms with Gasteiger partial charge in [0.25, 0.3) is 0 Å². The average Bonchev–Trinajstić information content (AvgIpc) is 2.97. The minimum absolute atomic E-state index is 0.000493. The first-order chi connectivity index (χ1) is 10.1. The number of benzene rings is 1. The molecule has 1 N–H and O–H groups in total. The number of ether oxygens (including phenoxy) is 1. The fourth-order valence-corrected chi connectivity index (χ4v) is 2.79. The fraction of sp³-hybridized carbons (Fsp3) is 0.375. The van der Waals surface area contributed by atoms with Gasteiger partial charge in [-0.25, -0.2) is 4.98 Å². The molecule has 0 bridgehead atoms. The summed E-state index contributed by atoms with van der Waals surface area (Å²) >= 11 is 1.43. The van der Waals surface area contributed by atoms with Crippen LogP contribution < -0.4 is 10.1 Å². The maximum atomic E-state index is 12.2. The molecule has 1 amide bonds. The number of hydrogen-bond acceptors (Lipinski definition) is 4. The maximum absolute atomic E-state index is 12.2. The number of rotatable bonds is 6. The van der Waals surface area contributed by atoms with Gasteiger partial charge in [0, 0.05) is 18.0 Å². The number of nitrogens with one attached hydrogen (secondary N) is 1. The van der Waals surface area contributed by atoms with E-state index >= 15 is 0 Å². The lowest BCUT2D eigenvalue weighted by Crippen LogP contribution is -2.18. The first-order valence-electron chi connectivity index (χ1n) is 6.93. The molecule has 0 fully saturated rings. The summed E-state index contributed by atoms with van der Waals surface area (Å²) in [6.45, 7) is 4.26. The molecular formula is C16H20N2O2S. The molecule has 0 saturated carbocycles. The third-order valence-corrected chi connectivity index (χ3v) is 4.12. The Kier molecular flexibility index (Phi) is 5.33. The van der Waals surface area contributed by atoms with Gasteiger partial charge in [0.15, 0.2) is 5.13 Å². The Hall–Kier alpha value is -1.88. The molecule has 0 spiro atoms. The smallest absolute Gasteiger partial charge is 0.226 e. The van der Waals surface area contributed by atoms with Crippen LogP contribution in [0.4, 0.5) is 5.13 Å². The van der Waals surface area contributed by atoms with E-state index in [1.165, 1.54) is 11.3 Å². The molecule has 1 atom stereocenters. The van der Waals surface area contributed by atoms with Crippen LogP contribution in [0.15, 0.2) is 35.8 Å². The number of carbonyl (C=O) groups excluding carboxylic acids is 1. The third-order valence-electron chi connectivity index (χ3n) is 3.43. The highest BCUT2D eigenvalue weighted by Crippen LogP contribution is 2.29. The molecule has 2 aromatic rings. The van der Waals surface area contributed by atoms with Gasteiger partial charge >= 0.3 is 0 Å². The quantitative estimate of drug-likeness (QED) is 0.880. The van der Waals surface area contributed by atoms with Crippen molar-refractivity contribution in [2.45, 2.75) is 26.2 Å². The maximum Gasteiger partial charge on any atom is 0.226 e. The van der Waals surface area contributed by atoms with Crippen molar-refractivity contribution >= 4 is 22.4 Å². The minimum Gasteiger partial charge on any atom is -0.497 e. The summed E-state index contributed by atoms with van der Waals surface area (Å²) in [5.41, 5.74) is 1.15.